The van der Waals surface area contributed by atoms with Crippen LogP contribution in [0.3, 0.4) is 0 Å². The highest BCUT2D eigenvalue weighted by molar-refractivity contribution is 7.89. The van der Waals surface area contributed by atoms with Gasteiger partial charge in [-0.25, -0.2) is 18.1 Å². The van der Waals surface area contributed by atoms with E-state index in [4.69, 9.17) is 8.83 Å². The van der Waals surface area contributed by atoms with Gasteiger partial charge in [0.25, 0.3) is 0 Å². The molecule has 0 amide bonds. The third kappa shape index (κ3) is 3.43. The Balaban J connectivity index is 1.51. The molecule has 1 aliphatic rings. The summed E-state index contributed by atoms with van der Waals surface area (Å²) in [6.45, 7) is 1.64. The van der Waals surface area contributed by atoms with Crippen molar-refractivity contribution in [3.8, 4) is 11.3 Å². The monoisotopic (exact) mass is 388 g/mol. The Morgan fingerprint density at radius 1 is 1.22 bits per heavy atom. The van der Waals surface area contributed by atoms with Gasteiger partial charge in [-0.2, -0.15) is 0 Å². The maximum Gasteiger partial charge on any atom is 0.240 e. The molecule has 3 aromatic rings. The van der Waals surface area contributed by atoms with Crippen LogP contribution in [0.1, 0.15) is 30.1 Å². The third-order valence-corrected chi connectivity index (χ3v) is 6.29. The molecule has 1 unspecified atom stereocenters. The summed E-state index contributed by atoms with van der Waals surface area (Å²) in [5.74, 6) is 1.26. The van der Waals surface area contributed by atoms with Crippen LogP contribution in [0, 0.1) is 6.92 Å². The molecule has 142 valence electrons. The van der Waals surface area contributed by atoms with Crippen molar-refractivity contribution in [3.63, 3.8) is 0 Å². The van der Waals surface area contributed by atoms with E-state index in [2.05, 4.69) is 9.71 Å². The summed E-state index contributed by atoms with van der Waals surface area (Å²) >= 11 is 0. The minimum Gasteiger partial charge on any atom is -0.469 e. The van der Waals surface area contributed by atoms with Crippen molar-refractivity contribution < 1.29 is 22.4 Å². The van der Waals surface area contributed by atoms with E-state index in [9.17, 15) is 13.5 Å². The molecule has 0 radical (unpaired) electrons. The summed E-state index contributed by atoms with van der Waals surface area (Å²) in [7, 11) is -3.76. The number of aromatic nitrogens is 1. The highest BCUT2D eigenvalue weighted by atomic mass is 32.2. The summed E-state index contributed by atoms with van der Waals surface area (Å²) in [5.41, 5.74) is 0.813. The summed E-state index contributed by atoms with van der Waals surface area (Å²) in [6.07, 6.45) is 5.02. The molecule has 0 saturated carbocycles. The fourth-order valence-electron chi connectivity index (χ4n) is 3.41. The molecular weight excluding hydrogens is 368 g/mol. The first kappa shape index (κ1) is 18.0. The zero-order chi connectivity index (χ0) is 19.1. The maximum absolute atomic E-state index is 12.6. The van der Waals surface area contributed by atoms with Crippen molar-refractivity contribution >= 4 is 10.0 Å². The van der Waals surface area contributed by atoms with Gasteiger partial charge in [-0.05, 0) is 31.0 Å². The number of fused-ring (bicyclic) bond motifs is 1. The quantitative estimate of drug-likeness (QED) is 0.696. The van der Waals surface area contributed by atoms with Crippen LogP contribution in [0.2, 0.25) is 0 Å². The predicted molar refractivity (Wildman–Crippen MR) is 97.4 cm³/mol. The summed E-state index contributed by atoms with van der Waals surface area (Å²) in [5, 5.41) is 10.9. The zero-order valence-electron chi connectivity index (χ0n) is 14.8. The van der Waals surface area contributed by atoms with Gasteiger partial charge in [-0.1, -0.05) is 12.1 Å². The highest BCUT2D eigenvalue weighted by Crippen LogP contribution is 2.35. The second-order valence-electron chi connectivity index (χ2n) is 6.74. The first-order chi connectivity index (χ1) is 12.9. The normalized spacial score (nSPS) is 19.8. The SMILES string of the molecule is Cc1nc(-c2ccc(S(=O)(=O)NCC3(O)CCCc4occc43)cc2)co1. The lowest BCUT2D eigenvalue weighted by Gasteiger charge is -2.31. The van der Waals surface area contributed by atoms with E-state index < -0.39 is 15.6 Å². The molecule has 2 heterocycles. The van der Waals surface area contributed by atoms with Crippen molar-refractivity contribution in [3.05, 3.63) is 60.1 Å². The van der Waals surface area contributed by atoms with Gasteiger partial charge < -0.3 is 13.9 Å². The summed E-state index contributed by atoms with van der Waals surface area (Å²) < 4.78 is 38.4. The second kappa shape index (κ2) is 6.63. The van der Waals surface area contributed by atoms with E-state index in [0.717, 1.165) is 24.2 Å². The van der Waals surface area contributed by atoms with Crippen LogP contribution in [0.4, 0.5) is 0 Å². The number of rotatable bonds is 5. The lowest BCUT2D eigenvalue weighted by atomic mass is 9.83. The summed E-state index contributed by atoms with van der Waals surface area (Å²) in [6, 6.07) is 8.08. The minimum absolute atomic E-state index is 0.105. The molecule has 0 fully saturated rings. The topological polar surface area (TPSA) is 106 Å². The Morgan fingerprint density at radius 3 is 2.70 bits per heavy atom. The molecule has 1 aromatic carbocycles. The van der Waals surface area contributed by atoms with Gasteiger partial charge in [-0.15, -0.1) is 0 Å². The molecule has 2 N–H and O–H groups in total. The van der Waals surface area contributed by atoms with E-state index in [1.165, 1.54) is 24.7 Å². The fourth-order valence-corrected chi connectivity index (χ4v) is 4.50. The predicted octanol–water partition coefficient (Wildman–Crippen LogP) is 2.75. The highest BCUT2D eigenvalue weighted by Gasteiger charge is 2.37. The van der Waals surface area contributed by atoms with Crippen LogP contribution in [0.25, 0.3) is 11.3 Å². The molecule has 0 spiro atoms. The van der Waals surface area contributed by atoms with Crippen molar-refractivity contribution in [2.45, 2.75) is 36.7 Å². The van der Waals surface area contributed by atoms with Gasteiger partial charge in [0.1, 0.15) is 23.3 Å². The largest absolute Gasteiger partial charge is 0.469 e. The van der Waals surface area contributed by atoms with E-state index >= 15 is 0 Å². The van der Waals surface area contributed by atoms with E-state index in [-0.39, 0.29) is 11.4 Å². The van der Waals surface area contributed by atoms with E-state index in [1.807, 2.05) is 0 Å². The average Bonchev–Trinajstić information content (AvgIpc) is 3.30. The number of hydrogen-bond donors (Lipinski definition) is 2. The average molecular weight is 388 g/mol. The lowest BCUT2D eigenvalue weighted by Crippen LogP contribution is -2.42. The van der Waals surface area contributed by atoms with Crippen LogP contribution in [-0.2, 0) is 22.0 Å². The number of aliphatic hydroxyl groups is 1. The minimum atomic E-state index is -3.76. The number of nitrogens with one attached hydrogen (secondary N) is 1. The molecule has 8 heteroatoms. The van der Waals surface area contributed by atoms with Crippen LogP contribution < -0.4 is 4.72 Å². The van der Waals surface area contributed by atoms with Crippen molar-refractivity contribution in [2.75, 3.05) is 6.54 Å². The Hall–Kier alpha value is -2.42. The van der Waals surface area contributed by atoms with Gasteiger partial charge in [0.05, 0.1) is 11.2 Å². The Bertz CT molecular complexity index is 1050. The van der Waals surface area contributed by atoms with Crippen molar-refractivity contribution in [2.24, 2.45) is 0 Å². The first-order valence-electron chi connectivity index (χ1n) is 8.69. The van der Waals surface area contributed by atoms with Gasteiger partial charge >= 0.3 is 0 Å². The number of nitrogens with zero attached hydrogens (tertiary/aromatic N) is 1. The molecule has 0 saturated heterocycles. The number of benzene rings is 1. The van der Waals surface area contributed by atoms with Crippen LogP contribution >= 0.6 is 0 Å². The summed E-state index contributed by atoms with van der Waals surface area (Å²) in [4.78, 5) is 4.35. The van der Waals surface area contributed by atoms with E-state index in [0.29, 0.717) is 23.6 Å². The third-order valence-electron chi connectivity index (χ3n) is 4.87. The molecule has 0 aliphatic heterocycles. The number of oxazole rings is 1. The molecular formula is C19H20N2O5S. The maximum atomic E-state index is 12.6. The molecule has 0 bridgehead atoms. The smallest absolute Gasteiger partial charge is 0.240 e. The standard InChI is InChI=1S/C19H20N2O5S/c1-13-21-17(11-26-13)14-4-6-15(7-5-14)27(23,24)20-12-19(22)9-2-3-18-16(19)8-10-25-18/h4-8,10-11,20,22H,2-3,9,12H2,1H3. The Morgan fingerprint density at radius 2 is 2.00 bits per heavy atom. The molecule has 27 heavy (non-hydrogen) atoms. The fraction of sp³-hybridized carbons (Fsp3) is 0.316. The van der Waals surface area contributed by atoms with Gasteiger partial charge in [-0.3, -0.25) is 0 Å². The molecule has 2 aromatic heterocycles. The zero-order valence-corrected chi connectivity index (χ0v) is 15.6. The van der Waals surface area contributed by atoms with Gasteiger partial charge in [0.2, 0.25) is 10.0 Å². The van der Waals surface area contributed by atoms with Crippen molar-refractivity contribution in [1.29, 1.82) is 0 Å². The number of hydrogen-bond acceptors (Lipinski definition) is 6. The lowest BCUT2D eigenvalue weighted by molar-refractivity contribution is 0.0221. The first-order valence-corrected chi connectivity index (χ1v) is 10.2. The molecule has 1 atom stereocenters. The van der Waals surface area contributed by atoms with Gasteiger partial charge in [0, 0.05) is 31.0 Å². The Kier molecular flexibility index (Phi) is 4.41. The second-order valence-corrected chi connectivity index (χ2v) is 8.51. The van der Waals surface area contributed by atoms with Crippen LogP contribution in [0.15, 0.2) is 56.6 Å². The van der Waals surface area contributed by atoms with Gasteiger partial charge in [0.15, 0.2) is 5.89 Å². The Labute approximate surface area is 157 Å². The number of aryl methyl sites for hydroxylation is 2. The van der Waals surface area contributed by atoms with E-state index in [1.54, 1.807) is 25.1 Å². The molecule has 7 nitrogen and oxygen atoms in total. The van der Waals surface area contributed by atoms with Crippen LogP contribution in [0.5, 0.6) is 0 Å². The molecule has 1 aliphatic carbocycles. The van der Waals surface area contributed by atoms with Crippen molar-refractivity contribution in [1.82, 2.24) is 9.71 Å². The number of sulfonamides is 1. The molecule has 4 rings (SSSR count). The van der Waals surface area contributed by atoms with Crippen LogP contribution in [-0.4, -0.2) is 25.1 Å². The number of furan rings is 1.